The topological polar surface area (TPSA) is 3.24 Å². The van der Waals surface area contributed by atoms with Gasteiger partial charge in [0.1, 0.15) is 0 Å². The molecule has 0 amide bonds. The molecule has 20 heavy (non-hydrogen) atoms. The lowest BCUT2D eigenvalue weighted by molar-refractivity contribution is 0.0638. The third-order valence-corrected chi connectivity index (χ3v) is 5.34. The Morgan fingerprint density at radius 3 is 2.45 bits per heavy atom. The molecule has 0 spiro atoms. The molecule has 0 aromatic heterocycles. The molecule has 2 fully saturated rings. The second kappa shape index (κ2) is 3.98. The second-order valence-electron chi connectivity index (χ2n) is 7.79. The molecule has 2 atom stereocenters. The predicted molar refractivity (Wildman–Crippen MR) is 83.8 cm³/mol. The number of nitrogens with zero attached hydrogens (tertiary/aromatic N) is 1. The zero-order chi connectivity index (χ0) is 14.0. The van der Waals surface area contributed by atoms with Crippen LogP contribution in [0.5, 0.6) is 0 Å². The summed E-state index contributed by atoms with van der Waals surface area (Å²) in [6.45, 7) is 7.10. The number of benzene rings is 1. The summed E-state index contributed by atoms with van der Waals surface area (Å²) in [5.41, 5.74) is 3.60. The molecule has 106 valence electrons. The zero-order valence-corrected chi connectivity index (χ0v) is 12.9. The van der Waals surface area contributed by atoms with Gasteiger partial charge >= 0.3 is 0 Å². The van der Waals surface area contributed by atoms with Crippen molar-refractivity contribution >= 4 is 0 Å². The van der Waals surface area contributed by atoms with Crippen LogP contribution in [0, 0.1) is 0 Å². The van der Waals surface area contributed by atoms with Gasteiger partial charge in [0.15, 0.2) is 0 Å². The first-order valence-electron chi connectivity index (χ1n) is 8.11. The summed E-state index contributed by atoms with van der Waals surface area (Å²) in [6, 6.07) is 9.87. The summed E-state index contributed by atoms with van der Waals surface area (Å²) < 4.78 is 0. The summed E-state index contributed by atoms with van der Waals surface area (Å²) in [5, 5.41) is 0. The van der Waals surface area contributed by atoms with Crippen LogP contribution in [0.15, 0.2) is 36.4 Å². The van der Waals surface area contributed by atoms with Crippen LogP contribution >= 0.6 is 0 Å². The monoisotopic (exact) mass is 267 g/mol. The largest absolute Gasteiger partial charge is 0.279 e. The van der Waals surface area contributed by atoms with Crippen LogP contribution in [0.25, 0.3) is 0 Å². The normalized spacial score (nSPS) is 33.0. The molecule has 2 bridgehead atoms. The maximum Gasteiger partial charge on any atom is 0.0658 e. The van der Waals surface area contributed by atoms with Crippen LogP contribution in [0.4, 0.5) is 0 Å². The smallest absolute Gasteiger partial charge is 0.0658 e. The highest BCUT2D eigenvalue weighted by Crippen LogP contribution is 2.55. The van der Waals surface area contributed by atoms with Gasteiger partial charge in [0.2, 0.25) is 0 Å². The van der Waals surface area contributed by atoms with Gasteiger partial charge in [-0.15, -0.1) is 0 Å². The molecule has 1 aliphatic carbocycles. The van der Waals surface area contributed by atoms with Crippen molar-refractivity contribution in [3.05, 3.63) is 47.5 Å². The van der Waals surface area contributed by atoms with Gasteiger partial charge in [-0.1, -0.05) is 36.4 Å². The van der Waals surface area contributed by atoms with Crippen molar-refractivity contribution in [2.45, 2.75) is 69.5 Å². The van der Waals surface area contributed by atoms with E-state index in [-0.39, 0.29) is 11.1 Å². The Labute approximate surface area is 122 Å². The average Bonchev–Trinajstić information content (AvgIpc) is 3.10. The van der Waals surface area contributed by atoms with Crippen LogP contribution in [0.3, 0.4) is 0 Å². The van der Waals surface area contributed by atoms with Gasteiger partial charge < -0.3 is 0 Å². The lowest BCUT2D eigenvalue weighted by Gasteiger charge is -2.45. The van der Waals surface area contributed by atoms with E-state index < -0.39 is 0 Å². The Hall–Kier alpha value is -1.08. The fourth-order valence-corrected chi connectivity index (χ4v) is 4.62. The van der Waals surface area contributed by atoms with Crippen molar-refractivity contribution in [3.8, 4) is 0 Å². The lowest BCUT2D eigenvalue weighted by atomic mass is 9.81. The summed E-state index contributed by atoms with van der Waals surface area (Å²) in [7, 11) is 0. The molecule has 1 aromatic carbocycles. The molecule has 3 aliphatic rings. The van der Waals surface area contributed by atoms with Crippen LogP contribution in [-0.4, -0.2) is 16.5 Å². The Balaban J connectivity index is 1.86. The minimum atomic E-state index is 0.169. The first-order chi connectivity index (χ1) is 9.52. The lowest BCUT2D eigenvalue weighted by Crippen LogP contribution is -2.51. The Morgan fingerprint density at radius 2 is 1.85 bits per heavy atom. The Bertz CT molecular complexity index is 561. The third kappa shape index (κ3) is 1.65. The van der Waals surface area contributed by atoms with Gasteiger partial charge in [-0.25, -0.2) is 0 Å². The fraction of sp³-hybridized carbons (Fsp3) is 0.579. The highest BCUT2D eigenvalue weighted by molar-refractivity contribution is 5.45. The van der Waals surface area contributed by atoms with E-state index in [0.717, 1.165) is 5.92 Å². The highest BCUT2D eigenvalue weighted by atomic mass is 15.3. The van der Waals surface area contributed by atoms with E-state index in [0.29, 0.717) is 6.04 Å². The van der Waals surface area contributed by atoms with E-state index in [9.17, 15) is 0 Å². The highest BCUT2D eigenvalue weighted by Gasteiger charge is 2.54. The summed E-state index contributed by atoms with van der Waals surface area (Å²) in [5.74, 6) is 0.829. The third-order valence-electron chi connectivity index (χ3n) is 5.34. The van der Waals surface area contributed by atoms with Gasteiger partial charge in [0.05, 0.1) is 5.54 Å². The van der Waals surface area contributed by atoms with Crippen LogP contribution < -0.4 is 0 Å². The SMILES string of the molecule is CC(C)(C)N1C2C=CC1(c1ccccc1C1CC1)CC2. The quantitative estimate of drug-likeness (QED) is 0.708. The van der Waals surface area contributed by atoms with E-state index in [4.69, 9.17) is 0 Å². The molecule has 2 unspecified atom stereocenters. The van der Waals surface area contributed by atoms with Crippen molar-refractivity contribution in [3.63, 3.8) is 0 Å². The Kier molecular flexibility index (Phi) is 2.51. The molecular weight excluding hydrogens is 242 g/mol. The minimum absolute atomic E-state index is 0.169. The van der Waals surface area contributed by atoms with Crippen molar-refractivity contribution in [2.24, 2.45) is 0 Å². The van der Waals surface area contributed by atoms with E-state index in [1.807, 2.05) is 0 Å². The summed E-state index contributed by atoms with van der Waals surface area (Å²) >= 11 is 0. The van der Waals surface area contributed by atoms with E-state index >= 15 is 0 Å². The van der Waals surface area contributed by atoms with Crippen LogP contribution in [0.2, 0.25) is 0 Å². The van der Waals surface area contributed by atoms with Gasteiger partial charge in [-0.05, 0) is 63.5 Å². The van der Waals surface area contributed by atoms with Gasteiger partial charge in [-0.3, -0.25) is 4.90 Å². The van der Waals surface area contributed by atoms with Gasteiger partial charge in [0, 0.05) is 11.6 Å². The second-order valence-corrected chi connectivity index (χ2v) is 7.79. The average molecular weight is 267 g/mol. The van der Waals surface area contributed by atoms with Crippen molar-refractivity contribution in [2.75, 3.05) is 0 Å². The molecule has 0 N–H and O–H groups in total. The van der Waals surface area contributed by atoms with Crippen LogP contribution in [0.1, 0.15) is 63.5 Å². The molecule has 2 aliphatic heterocycles. The van der Waals surface area contributed by atoms with E-state index in [1.165, 1.54) is 25.7 Å². The maximum atomic E-state index is 2.77. The first kappa shape index (κ1) is 12.6. The number of hydrogen-bond donors (Lipinski definition) is 0. The number of fused-ring (bicyclic) bond motifs is 2. The summed E-state index contributed by atoms with van der Waals surface area (Å²) in [6.07, 6.45) is 10.3. The molecule has 0 radical (unpaired) electrons. The van der Waals surface area contributed by atoms with E-state index in [2.05, 4.69) is 62.1 Å². The minimum Gasteiger partial charge on any atom is -0.279 e. The van der Waals surface area contributed by atoms with Gasteiger partial charge in [0.25, 0.3) is 0 Å². The molecule has 1 aromatic rings. The van der Waals surface area contributed by atoms with Crippen molar-refractivity contribution < 1.29 is 0 Å². The molecule has 4 rings (SSSR count). The Morgan fingerprint density at radius 1 is 1.10 bits per heavy atom. The fourth-order valence-electron chi connectivity index (χ4n) is 4.62. The number of rotatable bonds is 2. The maximum absolute atomic E-state index is 2.77. The molecule has 1 saturated carbocycles. The standard InChI is InChI=1S/C19H25N/c1-18(2,3)20-15-10-12-19(20,13-11-15)17-7-5-4-6-16(17)14-8-9-14/h4-7,10,12,14-15H,8-9,11,13H2,1-3H3. The van der Waals surface area contributed by atoms with E-state index in [1.54, 1.807) is 11.1 Å². The zero-order valence-electron chi connectivity index (χ0n) is 12.9. The summed E-state index contributed by atoms with van der Waals surface area (Å²) in [4.78, 5) is 2.77. The predicted octanol–water partition coefficient (Wildman–Crippen LogP) is 4.59. The molecular formula is C19H25N. The number of hydrogen-bond acceptors (Lipinski definition) is 1. The van der Waals surface area contributed by atoms with Gasteiger partial charge in [-0.2, -0.15) is 0 Å². The van der Waals surface area contributed by atoms with Crippen molar-refractivity contribution in [1.29, 1.82) is 0 Å². The molecule has 2 heterocycles. The molecule has 1 saturated heterocycles. The van der Waals surface area contributed by atoms with Crippen LogP contribution in [-0.2, 0) is 5.54 Å². The molecule has 1 nitrogen and oxygen atoms in total. The molecule has 1 heteroatoms. The van der Waals surface area contributed by atoms with Crippen molar-refractivity contribution in [1.82, 2.24) is 4.90 Å². The first-order valence-corrected chi connectivity index (χ1v) is 8.11.